The second-order valence-electron chi connectivity index (χ2n) is 5.70. The molecule has 3 aromatic rings. The topological polar surface area (TPSA) is 93.1 Å². The first-order valence-corrected chi connectivity index (χ1v) is 8.16. The van der Waals surface area contributed by atoms with Crippen molar-refractivity contribution < 1.29 is 29.3 Å². The zero-order valence-electron chi connectivity index (χ0n) is 14.0. The molecule has 0 saturated heterocycles. The Morgan fingerprint density at radius 2 is 1.08 bits per heavy atom. The molecule has 0 fully saturated rings. The normalized spacial score (nSPS) is 10.8. The zero-order chi connectivity index (χ0) is 18.5. The number of ether oxygens (including phenoxy) is 2. The lowest BCUT2D eigenvalue weighted by atomic mass is 10.00. The number of hydrogen-bond acceptors (Lipinski definition) is 6. The molecule has 0 radical (unpaired) electrons. The molecule has 0 aliphatic heterocycles. The van der Waals surface area contributed by atoms with Gasteiger partial charge in [-0.1, -0.05) is 12.1 Å². The molecule has 26 heavy (non-hydrogen) atoms. The van der Waals surface area contributed by atoms with E-state index < -0.39 is 11.9 Å². The lowest BCUT2D eigenvalue weighted by Crippen LogP contribution is -2.08. The highest BCUT2D eigenvalue weighted by molar-refractivity contribution is 6.03. The van der Waals surface area contributed by atoms with Crippen molar-refractivity contribution in [1.29, 1.82) is 0 Å². The van der Waals surface area contributed by atoms with Crippen LogP contribution < -0.4 is 0 Å². The first kappa shape index (κ1) is 17.8. The number of carbonyl (C=O) groups excluding carboxylic acids is 2. The Morgan fingerprint density at radius 3 is 1.46 bits per heavy atom. The van der Waals surface area contributed by atoms with Gasteiger partial charge >= 0.3 is 11.9 Å². The number of rotatable bonds is 6. The zero-order valence-corrected chi connectivity index (χ0v) is 14.0. The molecule has 0 saturated carbocycles. The van der Waals surface area contributed by atoms with Crippen molar-refractivity contribution in [2.45, 2.75) is 0 Å². The van der Waals surface area contributed by atoms with Gasteiger partial charge in [0, 0.05) is 0 Å². The highest BCUT2D eigenvalue weighted by atomic mass is 16.5. The summed E-state index contributed by atoms with van der Waals surface area (Å²) in [4.78, 5) is 23.8. The fraction of sp³-hybridized carbons (Fsp3) is 0.200. The van der Waals surface area contributed by atoms with Crippen LogP contribution in [0.15, 0.2) is 48.5 Å². The van der Waals surface area contributed by atoms with Crippen LogP contribution >= 0.6 is 0 Å². The van der Waals surface area contributed by atoms with Crippen molar-refractivity contribution in [2.75, 3.05) is 26.4 Å². The number of aliphatic hydroxyl groups excluding tert-OH is 2. The Kier molecular flexibility index (Phi) is 5.46. The molecule has 0 bridgehead atoms. The third kappa shape index (κ3) is 3.82. The van der Waals surface area contributed by atoms with Gasteiger partial charge in [0.1, 0.15) is 13.2 Å². The van der Waals surface area contributed by atoms with Crippen LogP contribution in [0.1, 0.15) is 20.7 Å². The van der Waals surface area contributed by atoms with E-state index >= 15 is 0 Å². The molecule has 0 aliphatic carbocycles. The van der Waals surface area contributed by atoms with Crippen LogP contribution in [0.3, 0.4) is 0 Å². The summed E-state index contributed by atoms with van der Waals surface area (Å²) in [5, 5.41) is 21.0. The maximum absolute atomic E-state index is 11.9. The van der Waals surface area contributed by atoms with Gasteiger partial charge in [-0.25, -0.2) is 9.59 Å². The van der Waals surface area contributed by atoms with Crippen molar-refractivity contribution >= 4 is 33.5 Å². The molecule has 6 nitrogen and oxygen atoms in total. The average molecular weight is 354 g/mol. The van der Waals surface area contributed by atoms with Crippen molar-refractivity contribution in [3.63, 3.8) is 0 Å². The van der Waals surface area contributed by atoms with Crippen LogP contribution in [0.5, 0.6) is 0 Å². The SMILES string of the molecule is O=C(OCCO)c1ccc2cc3cc(C(=O)OCCO)ccc3cc2c1. The van der Waals surface area contributed by atoms with Crippen molar-refractivity contribution in [3.8, 4) is 0 Å². The molecule has 0 unspecified atom stereocenters. The highest BCUT2D eigenvalue weighted by Crippen LogP contribution is 2.25. The highest BCUT2D eigenvalue weighted by Gasteiger charge is 2.10. The predicted molar refractivity (Wildman–Crippen MR) is 96.2 cm³/mol. The summed E-state index contributed by atoms with van der Waals surface area (Å²) in [6, 6.07) is 14.3. The number of fused-ring (bicyclic) bond motifs is 2. The molecular weight excluding hydrogens is 336 g/mol. The molecule has 0 aromatic heterocycles. The Morgan fingerprint density at radius 1 is 0.654 bits per heavy atom. The van der Waals surface area contributed by atoms with Gasteiger partial charge in [0.15, 0.2) is 0 Å². The predicted octanol–water partition coefficient (Wildman–Crippen LogP) is 2.29. The maximum Gasteiger partial charge on any atom is 0.338 e. The Labute approximate surface area is 149 Å². The van der Waals surface area contributed by atoms with E-state index in [-0.39, 0.29) is 26.4 Å². The van der Waals surface area contributed by atoms with Crippen LogP contribution in [0.4, 0.5) is 0 Å². The monoisotopic (exact) mass is 354 g/mol. The summed E-state index contributed by atoms with van der Waals surface area (Å²) in [6.07, 6.45) is 0. The molecule has 0 aliphatic rings. The van der Waals surface area contributed by atoms with E-state index in [1.807, 2.05) is 12.1 Å². The summed E-state index contributed by atoms with van der Waals surface area (Å²) < 4.78 is 9.86. The van der Waals surface area contributed by atoms with Crippen molar-refractivity contribution in [3.05, 3.63) is 59.7 Å². The van der Waals surface area contributed by atoms with E-state index in [2.05, 4.69) is 0 Å². The number of benzene rings is 3. The molecule has 0 atom stereocenters. The number of carbonyl (C=O) groups is 2. The number of aliphatic hydroxyl groups is 2. The third-order valence-electron chi connectivity index (χ3n) is 3.92. The standard InChI is InChI=1S/C20H18O6/c21-5-7-25-19(23)15-3-1-13-9-18-12-16(20(24)26-8-6-22)4-2-14(18)10-17(13)11-15/h1-4,9-12,21-22H,5-8H2. The van der Waals surface area contributed by atoms with Gasteiger partial charge in [-0.3, -0.25) is 0 Å². The molecule has 6 heteroatoms. The quantitative estimate of drug-likeness (QED) is 0.521. The van der Waals surface area contributed by atoms with Gasteiger partial charge in [-0.05, 0) is 57.9 Å². The maximum atomic E-state index is 11.9. The van der Waals surface area contributed by atoms with Crippen LogP contribution in [0.2, 0.25) is 0 Å². The van der Waals surface area contributed by atoms with Gasteiger partial charge in [0.25, 0.3) is 0 Å². The summed E-state index contributed by atoms with van der Waals surface area (Å²) in [6.45, 7) is -0.506. The molecule has 3 aromatic carbocycles. The summed E-state index contributed by atoms with van der Waals surface area (Å²) in [5.74, 6) is -0.967. The lowest BCUT2D eigenvalue weighted by Gasteiger charge is -2.08. The molecule has 0 spiro atoms. The molecule has 3 rings (SSSR count). The molecule has 0 heterocycles. The van der Waals surface area contributed by atoms with Gasteiger partial charge in [-0.15, -0.1) is 0 Å². The van der Waals surface area contributed by atoms with Crippen LogP contribution in [-0.4, -0.2) is 48.6 Å². The summed E-state index contributed by atoms with van der Waals surface area (Å²) in [7, 11) is 0. The summed E-state index contributed by atoms with van der Waals surface area (Å²) >= 11 is 0. The Balaban J connectivity index is 1.94. The molecular formula is C20H18O6. The third-order valence-corrected chi connectivity index (χ3v) is 3.92. The number of esters is 2. The molecule has 2 N–H and O–H groups in total. The minimum absolute atomic E-state index is 0.0379. The van der Waals surface area contributed by atoms with E-state index in [1.54, 1.807) is 36.4 Å². The minimum Gasteiger partial charge on any atom is -0.460 e. The van der Waals surface area contributed by atoms with Gasteiger partial charge in [-0.2, -0.15) is 0 Å². The van der Waals surface area contributed by atoms with Gasteiger partial charge < -0.3 is 19.7 Å². The Bertz CT molecular complexity index is 884. The Hall–Kier alpha value is -2.96. The largest absolute Gasteiger partial charge is 0.460 e. The fourth-order valence-electron chi connectivity index (χ4n) is 2.69. The van der Waals surface area contributed by atoms with Crippen molar-refractivity contribution in [1.82, 2.24) is 0 Å². The number of hydrogen-bond donors (Lipinski definition) is 2. The minimum atomic E-state index is -0.483. The summed E-state index contributed by atoms with van der Waals surface area (Å²) in [5.41, 5.74) is 0.823. The van der Waals surface area contributed by atoms with E-state index in [1.165, 1.54) is 0 Å². The lowest BCUT2D eigenvalue weighted by molar-refractivity contribution is 0.0427. The van der Waals surface area contributed by atoms with Crippen LogP contribution in [-0.2, 0) is 9.47 Å². The van der Waals surface area contributed by atoms with E-state index in [9.17, 15) is 9.59 Å². The van der Waals surface area contributed by atoms with Crippen molar-refractivity contribution in [2.24, 2.45) is 0 Å². The van der Waals surface area contributed by atoms with Crippen LogP contribution in [0, 0.1) is 0 Å². The van der Waals surface area contributed by atoms with Crippen LogP contribution in [0.25, 0.3) is 21.5 Å². The van der Waals surface area contributed by atoms with E-state index in [0.717, 1.165) is 21.5 Å². The molecule has 134 valence electrons. The first-order valence-electron chi connectivity index (χ1n) is 8.16. The van der Waals surface area contributed by atoms with E-state index in [0.29, 0.717) is 11.1 Å². The fourth-order valence-corrected chi connectivity index (χ4v) is 2.69. The smallest absolute Gasteiger partial charge is 0.338 e. The second-order valence-corrected chi connectivity index (χ2v) is 5.70. The van der Waals surface area contributed by atoms with Gasteiger partial charge in [0.05, 0.1) is 24.3 Å². The molecule has 0 amide bonds. The first-order chi connectivity index (χ1) is 12.6. The van der Waals surface area contributed by atoms with Gasteiger partial charge in [0.2, 0.25) is 0 Å². The second kappa shape index (κ2) is 7.95. The van der Waals surface area contributed by atoms with E-state index in [4.69, 9.17) is 19.7 Å². The average Bonchev–Trinajstić information content (AvgIpc) is 2.67.